The Kier molecular flexibility index (Phi) is 4.49. The van der Waals surface area contributed by atoms with E-state index in [9.17, 15) is 8.42 Å². The number of nitrogens with zero attached hydrogens (tertiary/aromatic N) is 1. The summed E-state index contributed by atoms with van der Waals surface area (Å²) in [6.45, 7) is 4.17. The van der Waals surface area contributed by atoms with Crippen molar-refractivity contribution in [3.05, 3.63) is 16.3 Å². The topological polar surface area (TPSA) is 57.6 Å². The van der Waals surface area contributed by atoms with Gasteiger partial charge in [-0.25, -0.2) is 12.7 Å². The Morgan fingerprint density at radius 1 is 1.50 bits per heavy atom. The van der Waals surface area contributed by atoms with E-state index in [1.54, 1.807) is 18.5 Å². The fourth-order valence-corrected chi connectivity index (χ4v) is 4.05. The minimum atomic E-state index is -3.45. The van der Waals surface area contributed by atoms with E-state index in [1.807, 2.05) is 13.8 Å². The molecule has 0 amide bonds. The molecule has 1 N–H and O–H groups in total. The third-order valence-corrected chi connectivity index (χ3v) is 5.10. The molecular weight excluding hydrogens is 246 g/mol. The van der Waals surface area contributed by atoms with Crippen molar-refractivity contribution in [1.82, 2.24) is 4.31 Å². The molecule has 0 aromatic carbocycles. The number of sulfonamides is 1. The second-order valence-corrected chi connectivity index (χ2v) is 7.06. The molecule has 0 bridgehead atoms. The summed E-state index contributed by atoms with van der Waals surface area (Å²) in [5.74, 6) is 0.274. The van der Waals surface area contributed by atoms with Gasteiger partial charge in [0.15, 0.2) is 0 Å². The number of thiophene rings is 1. The molecule has 0 saturated carbocycles. The zero-order valence-corrected chi connectivity index (χ0v) is 11.3. The molecule has 1 heterocycles. The fourth-order valence-electron chi connectivity index (χ4n) is 1.45. The summed E-state index contributed by atoms with van der Waals surface area (Å²) in [5.41, 5.74) is 0. The average Bonchev–Trinajstić information content (AvgIpc) is 2.64. The van der Waals surface area contributed by atoms with Crippen LogP contribution in [0.5, 0.6) is 0 Å². The number of aliphatic hydroxyl groups is 1. The number of rotatable bonds is 5. The Morgan fingerprint density at radius 2 is 2.12 bits per heavy atom. The van der Waals surface area contributed by atoms with Crippen molar-refractivity contribution in [2.45, 2.75) is 25.3 Å². The van der Waals surface area contributed by atoms with Crippen molar-refractivity contribution in [1.29, 1.82) is 0 Å². The standard InChI is InChI=1S/C10H17NO3S2/c1-8(2)6-11(3)16(13,14)10-4-5-15-9(10)7-12/h4-5,8,12H,6-7H2,1-3H3. The van der Waals surface area contributed by atoms with Gasteiger partial charge in [0.05, 0.1) is 11.5 Å². The number of aliphatic hydroxyl groups excluding tert-OH is 1. The zero-order chi connectivity index (χ0) is 12.3. The van der Waals surface area contributed by atoms with Crippen LogP contribution in [0.1, 0.15) is 18.7 Å². The summed E-state index contributed by atoms with van der Waals surface area (Å²) in [4.78, 5) is 0.721. The molecule has 0 unspecified atom stereocenters. The van der Waals surface area contributed by atoms with Crippen LogP contribution in [-0.4, -0.2) is 31.4 Å². The molecule has 92 valence electrons. The van der Waals surface area contributed by atoms with E-state index < -0.39 is 10.0 Å². The largest absolute Gasteiger partial charge is 0.391 e. The van der Waals surface area contributed by atoms with Gasteiger partial charge in [0.25, 0.3) is 0 Å². The molecule has 0 saturated heterocycles. The maximum absolute atomic E-state index is 12.1. The first kappa shape index (κ1) is 13.6. The molecule has 0 aliphatic carbocycles. The van der Waals surface area contributed by atoms with E-state index in [4.69, 9.17) is 5.11 Å². The van der Waals surface area contributed by atoms with Crippen LogP contribution in [0.4, 0.5) is 0 Å². The lowest BCUT2D eigenvalue weighted by atomic mass is 10.2. The molecule has 0 radical (unpaired) electrons. The molecule has 0 aliphatic heterocycles. The third-order valence-electron chi connectivity index (χ3n) is 2.16. The first-order valence-electron chi connectivity index (χ1n) is 5.03. The van der Waals surface area contributed by atoms with E-state index in [2.05, 4.69) is 0 Å². The SMILES string of the molecule is CC(C)CN(C)S(=O)(=O)c1ccsc1CO. The minimum absolute atomic E-state index is 0.225. The van der Waals surface area contributed by atoms with Gasteiger partial charge >= 0.3 is 0 Å². The highest BCUT2D eigenvalue weighted by molar-refractivity contribution is 7.89. The lowest BCUT2D eigenvalue weighted by Crippen LogP contribution is -2.30. The zero-order valence-electron chi connectivity index (χ0n) is 9.67. The minimum Gasteiger partial charge on any atom is -0.391 e. The summed E-state index contributed by atoms with van der Waals surface area (Å²) in [6.07, 6.45) is 0. The van der Waals surface area contributed by atoms with Crippen LogP contribution >= 0.6 is 11.3 Å². The van der Waals surface area contributed by atoms with Crippen LogP contribution in [-0.2, 0) is 16.6 Å². The Morgan fingerprint density at radius 3 is 2.62 bits per heavy atom. The maximum atomic E-state index is 12.1. The number of hydrogen-bond donors (Lipinski definition) is 1. The van der Waals surface area contributed by atoms with Crippen molar-refractivity contribution in [2.75, 3.05) is 13.6 Å². The van der Waals surface area contributed by atoms with E-state index in [-0.39, 0.29) is 17.4 Å². The van der Waals surface area contributed by atoms with Crippen LogP contribution in [0.25, 0.3) is 0 Å². The molecule has 1 rings (SSSR count). The van der Waals surface area contributed by atoms with Gasteiger partial charge in [-0.2, -0.15) is 0 Å². The van der Waals surface area contributed by atoms with Gasteiger partial charge in [0.2, 0.25) is 10.0 Å². The second-order valence-electron chi connectivity index (χ2n) is 4.05. The highest BCUT2D eigenvalue weighted by Crippen LogP contribution is 2.24. The van der Waals surface area contributed by atoms with Crippen LogP contribution < -0.4 is 0 Å². The Balaban J connectivity index is 3.02. The second kappa shape index (κ2) is 5.27. The Labute approximate surface area is 101 Å². The fraction of sp³-hybridized carbons (Fsp3) is 0.600. The Hall–Kier alpha value is -0.430. The Bertz CT molecular complexity index is 437. The van der Waals surface area contributed by atoms with Crippen molar-refractivity contribution in [2.24, 2.45) is 5.92 Å². The average molecular weight is 263 g/mol. The summed E-state index contributed by atoms with van der Waals surface area (Å²) in [5, 5.41) is 10.7. The summed E-state index contributed by atoms with van der Waals surface area (Å²) >= 11 is 1.26. The molecule has 0 fully saturated rings. The molecule has 16 heavy (non-hydrogen) atoms. The van der Waals surface area contributed by atoms with E-state index in [1.165, 1.54) is 15.6 Å². The monoisotopic (exact) mass is 263 g/mol. The predicted octanol–water partition coefficient (Wildman–Crippen LogP) is 1.52. The van der Waals surface area contributed by atoms with Crippen LogP contribution in [0.15, 0.2) is 16.3 Å². The first-order valence-corrected chi connectivity index (χ1v) is 7.35. The highest BCUT2D eigenvalue weighted by atomic mass is 32.2. The molecule has 4 nitrogen and oxygen atoms in total. The van der Waals surface area contributed by atoms with Crippen LogP contribution in [0.2, 0.25) is 0 Å². The molecule has 6 heteroatoms. The number of hydrogen-bond acceptors (Lipinski definition) is 4. The van der Waals surface area contributed by atoms with Gasteiger partial charge in [-0.1, -0.05) is 13.8 Å². The van der Waals surface area contributed by atoms with Gasteiger partial charge in [-0.3, -0.25) is 0 Å². The summed E-state index contributed by atoms with van der Waals surface area (Å²) in [7, 11) is -1.89. The lowest BCUT2D eigenvalue weighted by Gasteiger charge is -2.19. The molecule has 1 aromatic rings. The molecule has 1 aromatic heterocycles. The quantitative estimate of drug-likeness (QED) is 0.876. The molecular formula is C10H17NO3S2. The normalized spacial score (nSPS) is 12.6. The van der Waals surface area contributed by atoms with Gasteiger partial charge in [-0.05, 0) is 17.4 Å². The lowest BCUT2D eigenvalue weighted by molar-refractivity contribution is 0.282. The smallest absolute Gasteiger partial charge is 0.244 e. The van der Waals surface area contributed by atoms with E-state index >= 15 is 0 Å². The summed E-state index contributed by atoms with van der Waals surface area (Å²) in [6, 6.07) is 1.54. The van der Waals surface area contributed by atoms with Gasteiger partial charge in [0.1, 0.15) is 0 Å². The van der Waals surface area contributed by atoms with Crippen molar-refractivity contribution in [3.8, 4) is 0 Å². The van der Waals surface area contributed by atoms with Gasteiger partial charge in [-0.15, -0.1) is 11.3 Å². The van der Waals surface area contributed by atoms with Gasteiger partial charge < -0.3 is 5.11 Å². The maximum Gasteiger partial charge on any atom is 0.244 e. The summed E-state index contributed by atoms with van der Waals surface area (Å²) < 4.78 is 25.6. The molecule has 0 spiro atoms. The first-order chi connectivity index (χ1) is 7.39. The van der Waals surface area contributed by atoms with Crippen molar-refractivity contribution >= 4 is 21.4 Å². The third kappa shape index (κ3) is 2.82. The van der Waals surface area contributed by atoms with Crippen LogP contribution in [0, 0.1) is 5.92 Å². The highest BCUT2D eigenvalue weighted by Gasteiger charge is 2.24. The van der Waals surface area contributed by atoms with Crippen molar-refractivity contribution in [3.63, 3.8) is 0 Å². The molecule has 0 atom stereocenters. The molecule has 0 aliphatic rings. The van der Waals surface area contributed by atoms with Crippen LogP contribution in [0.3, 0.4) is 0 Å². The van der Waals surface area contributed by atoms with E-state index in [0.717, 1.165) is 0 Å². The van der Waals surface area contributed by atoms with Gasteiger partial charge in [0, 0.05) is 18.5 Å². The van der Waals surface area contributed by atoms with Crippen molar-refractivity contribution < 1.29 is 13.5 Å². The van der Waals surface area contributed by atoms with E-state index in [0.29, 0.717) is 11.4 Å². The predicted molar refractivity (Wildman–Crippen MR) is 64.9 cm³/mol.